The summed E-state index contributed by atoms with van der Waals surface area (Å²) in [6, 6.07) is 14.7. The van der Waals surface area contributed by atoms with Crippen molar-refractivity contribution in [2.24, 2.45) is 0 Å². The normalized spacial score (nSPS) is 16.4. The van der Waals surface area contributed by atoms with E-state index >= 15 is 0 Å². The molecule has 3 heterocycles. The third-order valence-corrected chi connectivity index (χ3v) is 7.21. The first kappa shape index (κ1) is 24.2. The van der Waals surface area contributed by atoms with Crippen LogP contribution < -0.4 is 9.64 Å². The SMILES string of the molecule is CC[C@H](C(=O)N1CCc2nc(N3CCCCC3)nc(Oc3ccc(F)c(C)c3)c2C1)c1ccccc1. The van der Waals surface area contributed by atoms with Crippen molar-refractivity contribution in [3.8, 4) is 11.6 Å². The number of aromatic nitrogens is 2. The second kappa shape index (κ2) is 10.6. The molecule has 3 aromatic rings. The molecule has 0 bridgehead atoms. The number of anilines is 1. The van der Waals surface area contributed by atoms with Crippen LogP contribution in [0.25, 0.3) is 0 Å². The minimum absolute atomic E-state index is 0.109. The molecule has 1 atom stereocenters. The van der Waals surface area contributed by atoms with Crippen molar-refractivity contribution in [2.45, 2.75) is 58.4 Å². The van der Waals surface area contributed by atoms with Gasteiger partial charge in [0, 0.05) is 26.1 Å². The summed E-state index contributed by atoms with van der Waals surface area (Å²) in [4.78, 5) is 27.5. The first-order chi connectivity index (χ1) is 17.5. The summed E-state index contributed by atoms with van der Waals surface area (Å²) < 4.78 is 20.1. The van der Waals surface area contributed by atoms with Gasteiger partial charge in [0.25, 0.3) is 0 Å². The molecule has 1 aromatic heterocycles. The number of ether oxygens (including phenoxy) is 1. The highest BCUT2D eigenvalue weighted by Crippen LogP contribution is 2.34. The highest BCUT2D eigenvalue weighted by molar-refractivity contribution is 5.84. The number of carbonyl (C=O) groups excluding carboxylic acids is 1. The molecule has 0 N–H and O–H groups in total. The Morgan fingerprint density at radius 2 is 1.83 bits per heavy atom. The Bertz CT molecular complexity index is 1230. The van der Waals surface area contributed by atoms with Crippen LogP contribution in [0, 0.1) is 12.7 Å². The number of carbonyl (C=O) groups is 1. The lowest BCUT2D eigenvalue weighted by molar-refractivity contribution is -0.133. The molecule has 5 rings (SSSR count). The Hall–Kier alpha value is -3.48. The number of nitrogens with zero attached hydrogens (tertiary/aromatic N) is 4. The maximum absolute atomic E-state index is 13.9. The van der Waals surface area contributed by atoms with E-state index in [9.17, 15) is 9.18 Å². The highest BCUT2D eigenvalue weighted by atomic mass is 19.1. The molecule has 1 saturated heterocycles. The van der Waals surface area contributed by atoms with Crippen LogP contribution in [0.4, 0.5) is 10.3 Å². The maximum atomic E-state index is 13.9. The number of hydrogen-bond donors (Lipinski definition) is 0. The molecule has 1 amide bonds. The van der Waals surface area contributed by atoms with Crippen molar-refractivity contribution in [1.82, 2.24) is 14.9 Å². The summed E-state index contributed by atoms with van der Waals surface area (Å²) in [6.45, 7) is 6.62. The fraction of sp³-hybridized carbons (Fsp3) is 0.414. The quantitative estimate of drug-likeness (QED) is 0.440. The van der Waals surface area contributed by atoms with Gasteiger partial charge in [-0.2, -0.15) is 4.98 Å². The fourth-order valence-electron chi connectivity index (χ4n) is 5.13. The van der Waals surface area contributed by atoms with Gasteiger partial charge in [0.1, 0.15) is 11.6 Å². The monoisotopic (exact) mass is 488 g/mol. The summed E-state index contributed by atoms with van der Waals surface area (Å²) >= 11 is 0. The van der Waals surface area contributed by atoms with Crippen LogP contribution in [0.1, 0.15) is 60.9 Å². The molecule has 0 aliphatic carbocycles. The minimum atomic E-state index is -0.274. The average molecular weight is 489 g/mol. The van der Waals surface area contributed by atoms with Crippen molar-refractivity contribution in [3.05, 3.63) is 76.7 Å². The summed E-state index contributed by atoms with van der Waals surface area (Å²) in [7, 11) is 0. The molecular weight excluding hydrogens is 455 g/mol. The zero-order valence-corrected chi connectivity index (χ0v) is 21.0. The van der Waals surface area contributed by atoms with Gasteiger partial charge in [0.05, 0.1) is 23.7 Å². The molecule has 1 fully saturated rings. The summed E-state index contributed by atoms with van der Waals surface area (Å²) in [5.74, 6) is 1.31. The van der Waals surface area contributed by atoms with Gasteiger partial charge < -0.3 is 14.5 Å². The lowest BCUT2D eigenvalue weighted by Crippen LogP contribution is -2.40. The number of rotatable bonds is 6. The van der Waals surface area contributed by atoms with Gasteiger partial charge in [-0.25, -0.2) is 9.37 Å². The first-order valence-electron chi connectivity index (χ1n) is 13.0. The van der Waals surface area contributed by atoms with Crippen molar-refractivity contribution in [2.75, 3.05) is 24.5 Å². The zero-order chi connectivity index (χ0) is 25.1. The van der Waals surface area contributed by atoms with Gasteiger partial charge in [-0.1, -0.05) is 37.3 Å². The Kier molecular flexibility index (Phi) is 7.16. The van der Waals surface area contributed by atoms with Gasteiger partial charge in [-0.3, -0.25) is 4.79 Å². The van der Waals surface area contributed by atoms with E-state index in [-0.39, 0.29) is 17.6 Å². The Labute approximate surface area is 212 Å². The summed E-state index contributed by atoms with van der Waals surface area (Å²) in [5, 5.41) is 0. The molecule has 0 unspecified atom stereocenters. The number of benzene rings is 2. The molecule has 36 heavy (non-hydrogen) atoms. The molecule has 2 aromatic carbocycles. The standard InChI is InChI=1S/C29H33FN4O2/c1-3-23(21-10-6-4-7-11-21)28(35)34-17-14-26-24(19-34)27(36-22-12-13-25(30)20(2)18-22)32-29(31-26)33-15-8-5-9-16-33/h4,6-7,10-13,18,23H,3,5,8-9,14-17,19H2,1-2H3/t23-/m0/s1. The largest absolute Gasteiger partial charge is 0.438 e. The number of hydrogen-bond acceptors (Lipinski definition) is 5. The van der Waals surface area contributed by atoms with Crippen molar-refractivity contribution in [3.63, 3.8) is 0 Å². The Morgan fingerprint density at radius 3 is 2.56 bits per heavy atom. The predicted molar refractivity (Wildman–Crippen MR) is 138 cm³/mol. The van der Waals surface area contributed by atoms with Gasteiger partial charge in [-0.15, -0.1) is 0 Å². The lowest BCUT2D eigenvalue weighted by Gasteiger charge is -2.33. The number of fused-ring (bicyclic) bond motifs is 1. The van der Waals surface area contributed by atoms with E-state index in [1.165, 1.54) is 12.5 Å². The van der Waals surface area contributed by atoms with Crippen LogP contribution in [0.15, 0.2) is 48.5 Å². The molecular formula is C29H33FN4O2. The first-order valence-corrected chi connectivity index (χ1v) is 13.0. The third-order valence-electron chi connectivity index (χ3n) is 7.21. The molecule has 0 radical (unpaired) electrons. The molecule has 6 nitrogen and oxygen atoms in total. The number of halogens is 1. The van der Waals surface area contributed by atoms with Gasteiger partial charge in [0.15, 0.2) is 0 Å². The smallest absolute Gasteiger partial charge is 0.230 e. The van der Waals surface area contributed by atoms with Crippen molar-refractivity contribution in [1.29, 1.82) is 0 Å². The van der Waals surface area contributed by atoms with E-state index in [4.69, 9.17) is 14.7 Å². The summed E-state index contributed by atoms with van der Waals surface area (Å²) in [6.07, 6.45) is 4.84. The van der Waals surface area contributed by atoms with Crippen LogP contribution in [0.3, 0.4) is 0 Å². The van der Waals surface area contributed by atoms with Crippen LogP contribution in [-0.2, 0) is 17.8 Å². The Balaban J connectivity index is 1.47. The van der Waals surface area contributed by atoms with E-state index in [1.807, 2.05) is 42.2 Å². The fourth-order valence-corrected chi connectivity index (χ4v) is 5.13. The molecule has 188 valence electrons. The van der Waals surface area contributed by atoms with Crippen LogP contribution in [0.5, 0.6) is 11.6 Å². The average Bonchev–Trinajstić information content (AvgIpc) is 2.92. The highest BCUT2D eigenvalue weighted by Gasteiger charge is 2.31. The molecule has 2 aliphatic heterocycles. The molecule has 2 aliphatic rings. The molecule has 0 saturated carbocycles. The molecule has 0 spiro atoms. The predicted octanol–water partition coefficient (Wildman–Crippen LogP) is 5.79. The van der Waals surface area contributed by atoms with Crippen molar-refractivity contribution < 1.29 is 13.9 Å². The minimum Gasteiger partial charge on any atom is -0.438 e. The van der Waals surface area contributed by atoms with Crippen molar-refractivity contribution >= 4 is 11.9 Å². The topological polar surface area (TPSA) is 58.6 Å². The van der Waals surface area contributed by atoms with Gasteiger partial charge >= 0.3 is 0 Å². The van der Waals surface area contributed by atoms with E-state index < -0.39 is 0 Å². The van der Waals surface area contributed by atoms with Crippen LogP contribution in [0.2, 0.25) is 0 Å². The van der Waals surface area contributed by atoms with E-state index in [0.717, 1.165) is 49.2 Å². The number of amides is 1. The number of aryl methyl sites for hydroxylation is 1. The van der Waals surface area contributed by atoms with E-state index in [0.29, 0.717) is 42.7 Å². The number of piperidine rings is 1. The van der Waals surface area contributed by atoms with Crippen LogP contribution >= 0.6 is 0 Å². The van der Waals surface area contributed by atoms with E-state index in [2.05, 4.69) is 4.90 Å². The van der Waals surface area contributed by atoms with Gasteiger partial charge in [-0.05, 0) is 61.9 Å². The maximum Gasteiger partial charge on any atom is 0.230 e. The second-order valence-electron chi connectivity index (χ2n) is 9.70. The Morgan fingerprint density at radius 1 is 1.06 bits per heavy atom. The third kappa shape index (κ3) is 5.06. The lowest BCUT2D eigenvalue weighted by atomic mass is 9.94. The van der Waals surface area contributed by atoms with E-state index in [1.54, 1.807) is 19.1 Å². The molecule has 7 heteroatoms. The second-order valence-corrected chi connectivity index (χ2v) is 9.70. The zero-order valence-electron chi connectivity index (χ0n) is 21.0. The summed E-state index contributed by atoms with van der Waals surface area (Å²) in [5.41, 5.74) is 3.30. The van der Waals surface area contributed by atoms with Crippen LogP contribution in [-0.4, -0.2) is 40.4 Å². The van der Waals surface area contributed by atoms with Gasteiger partial charge in [0.2, 0.25) is 17.7 Å².